The van der Waals surface area contributed by atoms with Crippen molar-refractivity contribution in [3.8, 4) is 0 Å². The minimum absolute atomic E-state index is 0.0819. The van der Waals surface area contributed by atoms with Gasteiger partial charge in [-0.2, -0.15) is 0 Å². The molecule has 0 heterocycles. The van der Waals surface area contributed by atoms with E-state index in [-0.39, 0.29) is 43.3 Å². The molecule has 1 aromatic rings. The molecule has 0 fully saturated rings. The number of alkyl carbamates (subject to hydrolysis) is 1. The van der Waals surface area contributed by atoms with Gasteiger partial charge in [-0.05, 0) is 31.7 Å². The number of likely N-dealkylation sites (N-methyl/N-ethyl adjacent to an activating group) is 2. The van der Waals surface area contributed by atoms with Crippen molar-refractivity contribution >= 4 is 29.9 Å². The first-order valence-corrected chi connectivity index (χ1v) is 9.43. The maximum atomic E-state index is 11.8. The number of ether oxygens (including phenoxy) is 1. The number of nitrogens with one attached hydrogen (secondary N) is 3. The summed E-state index contributed by atoms with van der Waals surface area (Å²) in [4.78, 5) is 47.5. The fourth-order valence-corrected chi connectivity index (χ4v) is 2.20. The Kier molecular flexibility index (Phi) is 10.4. The Bertz CT molecular complexity index is 693. The van der Waals surface area contributed by atoms with Crippen LogP contribution in [0.5, 0.6) is 0 Å². The number of amides is 3. The molecule has 9 heteroatoms. The minimum atomic E-state index is -0.590. The number of hydrogen-bond donors (Lipinski definition) is 3. The van der Waals surface area contributed by atoms with Crippen molar-refractivity contribution in [2.75, 3.05) is 32.5 Å². The molecule has 160 valence electrons. The first kappa shape index (κ1) is 24.1. The van der Waals surface area contributed by atoms with Gasteiger partial charge in [0.05, 0.1) is 6.04 Å². The van der Waals surface area contributed by atoms with Crippen LogP contribution in [0.1, 0.15) is 25.8 Å². The second-order valence-corrected chi connectivity index (χ2v) is 6.83. The third-order valence-corrected chi connectivity index (χ3v) is 4.29. The van der Waals surface area contributed by atoms with Crippen LogP contribution in [0, 0.1) is 5.92 Å². The first-order chi connectivity index (χ1) is 13.8. The quantitative estimate of drug-likeness (QED) is 0.475. The molecule has 1 aromatic carbocycles. The van der Waals surface area contributed by atoms with Crippen molar-refractivity contribution in [1.29, 1.82) is 0 Å². The third kappa shape index (κ3) is 9.20. The molecule has 0 saturated carbocycles. The highest BCUT2D eigenvalue weighted by atomic mass is 16.5. The van der Waals surface area contributed by atoms with Crippen molar-refractivity contribution in [1.82, 2.24) is 15.5 Å². The molecule has 2 atom stereocenters. The number of carbonyl (C=O) groups is 4. The fourth-order valence-electron chi connectivity index (χ4n) is 2.20. The van der Waals surface area contributed by atoms with Crippen LogP contribution in [0.25, 0.3) is 0 Å². The van der Waals surface area contributed by atoms with Gasteiger partial charge in [0.15, 0.2) is 0 Å². The van der Waals surface area contributed by atoms with Crippen molar-refractivity contribution in [2.45, 2.75) is 32.9 Å². The fraction of sp³-hybridized carbons (Fsp3) is 0.500. The Morgan fingerprint density at radius 1 is 1.17 bits per heavy atom. The van der Waals surface area contributed by atoms with Gasteiger partial charge in [0, 0.05) is 38.2 Å². The van der Waals surface area contributed by atoms with Crippen LogP contribution >= 0.6 is 0 Å². The second kappa shape index (κ2) is 12.5. The molecule has 1 rings (SSSR count). The zero-order valence-electron chi connectivity index (χ0n) is 17.4. The molecule has 2 unspecified atom stereocenters. The molecule has 0 spiro atoms. The van der Waals surface area contributed by atoms with Crippen LogP contribution in [-0.4, -0.2) is 62.3 Å². The van der Waals surface area contributed by atoms with Crippen molar-refractivity contribution in [2.24, 2.45) is 5.92 Å². The van der Waals surface area contributed by atoms with Gasteiger partial charge >= 0.3 is 6.09 Å². The summed E-state index contributed by atoms with van der Waals surface area (Å²) in [6.45, 7) is 4.08. The lowest BCUT2D eigenvalue weighted by molar-refractivity contribution is -0.132. The van der Waals surface area contributed by atoms with Gasteiger partial charge in [0.25, 0.3) is 0 Å². The van der Waals surface area contributed by atoms with Crippen LogP contribution in [-0.2, 0) is 25.7 Å². The summed E-state index contributed by atoms with van der Waals surface area (Å²) in [7, 11) is 3.32. The Balaban J connectivity index is 2.31. The van der Waals surface area contributed by atoms with Crippen LogP contribution in [0.3, 0.4) is 0 Å². The Morgan fingerprint density at radius 2 is 1.83 bits per heavy atom. The van der Waals surface area contributed by atoms with E-state index in [0.29, 0.717) is 12.2 Å². The highest BCUT2D eigenvalue weighted by Crippen LogP contribution is 2.11. The number of rotatable bonds is 11. The summed E-state index contributed by atoms with van der Waals surface area (Å²) in [5, 5.41) is 8.21. The molecular formula is C20H30N4O5. The lowest BCUT2D eigenvalue weighted by atomic mass is 10.1. The van der Waals surface area contributed by atoms with Gasteiger partial charge in [-0.25, -0.2) is 4.79 Å². The molecular weight excluding hydrogens is 376 g/mol. The zero-order chi connectivity index (χ0) is 21.8. The average molecular weight is 406 g/mol. The molecule has 3 N–H and O–H groups in total. The summed E-state index contributed by atoms with van der Waals surface area (Å²) in [6, 6.07) is 6.68. The number of aldehydes is 1. The summed E-state index contributed by atoms with van der Waals surface area (Å²) >= 11 is 0. The lowest BCUT2D eigenvalue weighted by Crippen LogP contribution is -2.36. The van der Waals surface area contributed by atoms with Crippen molar-refractivity contribution in [3.63, 3.8) is 0 Å². The minimum Gasteiger partial charge on any atom is -0.445 e. The Hall–Kier alpha value is -2.94. The Labute approximate surface area is 171 Å². The summed E-state index contributed by atoms with van der Waals surface area (Å²) < 4.78 is 5.13. The molecule has 0 aliphatic heterocycles. The molecule has 0 aromatic heterocycles. The van der Waals surface area contributed by atoms with Crippen LogP contribution in [0.15, 0.2) is 24.3 Å². The number of nitrogens with zero attached hydrogens (tertiary/aromatic N) is 1. The number of anilines is 1. The van der Waals surface area contributed by atoms with E-state index in [1.165, 1.54) is 4.90 Å². The number of carbonyl (C=O) groups excluding carboxylic acids is 4. The highest BCUT2D eigenvalue weighted by molar-refractivity contribution is 5.94. The summed E-state index contributed by atoms with van der Waals surface area (Å²) in [5.41, 5.74) is 1.43. The third-order valence-electron chi connectivity index (χ3n) is 4.29. The molecule has 0 radical (unpaired) electrons. The van der Waals surface area contributed by atoms with Gasteiger partial charge in [0.1, 0.15) is 12.9 Å². The monoisotopic (exact) mass is 406 g/mol. The van der Waals surface area contributed by atoms with Gasteiger partial charge in [-0.15, -0.1) is 0 Å². The average Bonchev–Trinajstić information content (AvgIpc) is 2.72. The smallest absolute Gasteiger partial charge is 0.407 e. The lowest BCUT2D eigenvalue weighted by Gasteiger charge is -2.18. The predicted octanol–water partition coefficient (Wildman–Crippen LogP) is 1.14. The van der Waals surface area contributed by atoms with Gasteiger partial charge in [0.2, 0.25) is 11.8 Å². The van der Waals surface area contributed by atoms with E-state index in [2.05, 4.69) is 16.0 Å². The van der Waals surface area contributed by atoms with E-state index in [9.17, 15) is 19.2 Å². The summed E-state index contributed by atoms with van der Waals surface area (Å²) in [5.74, 6) is -0.620. The Morgan fingerprint density at radius 3 is 2.41 bits per heavy atom. The molecule has 29 heavy (non-hydrogen) atoms. The first-order valence-electron chi connectivity index (χ1n) is 9.43. The molecule has 9 nitrogen and oxygen atoms in total. The van der Waals surface area contributed by atoms with E-state index in [1.54, 1.807) is 52.2 Å². The number of hydrogen-bond acceptors (Lipinski definition) is 6. The van der Waals surface area contributed by atoms with E-state index in [4.69, 9.17) is 4.74 Å². The van der Waals surface area contributed by atoms with Crippen molar-refractivity contribution in [3.05, 3.63) is 29.8 Å². The van der Waals surface area contributed by atoms with Crippen LogP contribution in [0.4, 0.5) is 10.5 Å². The predicted molar refractivity (Wildman–Crippen MR) is 109 cm³/mol. The van der Waals surface area contributed by atoms with E-state index in [1.807, 2.05) is 0 Å². The van der Waals surface area contributed by atoms with E-state index in [0.717, 1.165) is 11.8 Å². The van der Waals surface area contributed by atoms with Gasteiger partial charge in [-0.1, -0.05) is 19.1 Å². The van der Waals surface area contributed by atoms with Crippen LogP contribution < -0.4 is 16.0 Å². The molecule has 0 aliphatic carbocycles. The molecule has 0 saturated heterocycles. The highest BCUT2D eigenvalue weighted by Gasteiger charge is 2.13. The SMILES string of the molecule is CNC(C)C(=O)Nc1ccc(COC(=O)NCCN(C)C(=O)CC(C)C=O)cc1. The molecule has 0 aliphatic rings. The zero-order valence-corrected chi connectivity index (χ0v) is 17.4. The van der Waals surface area contributed by atoms with E-state index >= 15 is 0 Å². The largest absolute Gasteiger partial charge is 0.445 e. The normalized spacial score (nSPS) is 12.4. The standard InChI is InChI=1S/C20H30N4O5/c1-14(12-25)11-18(26)24(4)10-9-22-20(28)29-13-16-5-7-17(8-6-16)23-19(27)15(2)21-3/h5-8,12,14-15,21H,9-11,13H2,1-4H3,(H,22,28)(H,23,27). The summed E-state index contributed by atoms with van der Waals surface area (Å²) in [6.07, 6.45) is 0.298. The van der Waals surface area contributed by atoms with Crippen LogP contribution in [0.2, 0.25) is 0 Å². The molecule has 3 amide bonds. The van der Waals surface area contributed by atoms with E-state index < -0.39 is 6.09 Å². The maximum Gasteiger partial charge on any atom is 0.407 e. The molecule has 0 bridgehead atoms. The number of benzene rings is 1. The topological polar surface area (TPSA) is 117 Å². The van der Waals surface area contributed by atoms with Gasteiger partial charge in [-0.3, -0.25) is 9.59 Å². The maximum absolute atomic E-state index is 11.8. The van der Waals surface area contributed by atoms with Crippen molar-refractivity contribution < 1.29 is 23.9 Å². The van der Waals surface area contributed by atoms with Gasteiger partial charge < -0.3 is 30.4 Å². The second-order valence-electron chi connectivity index (χ2n) is 6.83.